The number of aliphatic hydroxyl groups excluding tert-OH is 1. The van der Waals surface area contributed by atoms with E-state index in [0.29, 0.717) is 6.54 Å². The second-order valence-corrected chi connectivity index (χ2v) is 5.27. The monoisotopic (exact) mass is 249 g/mol. The first-order valence-corrected chi connectivity index (χ1v) is 6.93. The van der Waals surface area contributed by atoms with Crippen LogP contribution in [0.25, 0.3) is 0 Å². The van der Waals surface area contributed by atoms with E-state index in [9.17, 15) is 10.2 Å². The van der Waals surface area contributed by atoms with Gasteiger partial charge in [0.2, 0.25) is 0 Å². The summed E-state index contributed by atoms with van der Waals surface area (Å²) in [6.07, 6.45) is 6.24. The Bertz CT molecular complexity index is 344. The summed E-state index contributed by atoms with van der Waals surface area (Å²) in [6.45, 7) is 1.59. The van der Waals surface area contributed by atoms with Crippen LogP contribution >= 0.6 is 0 Å². The first-order chi connectivity index (χ1) is 8.75. The highest BCUT2D eigenvalue weighted by atomic mass is 16.3. The van der Waals surface area contributed by atoms with E-state index < -0.39 is 6.10 Å². The van der Waals surface area contributed by atoms with Crippen LogP contribution in [0.15, 0.2) is 24.3 Å². The maximum atomic E-state index is 10.00. The van der Waals surface area contributed by atoms with Crippen molar-refractivity contribution in [2.75, 3.05) is 13.1 Å². The van der Waals surface area contributed by atoms with Gasteiger partial charge in [-0.1, -0.05) is 31.4 Å². The van der Waals surface area contributed by atoms with Crippen molar-refractivity contribution in [3.8, 4) is 5.75 Å². The molecule has 0 amide bonds. The Morgan fingerprint density at radius 1 is 1.11 bits per heavy atom. The fourth-order valence-corrected chi connectivity index (χ4v) is 2.63. The fraction of sp³-hybridized carbons (Fsp3) is 0.600. The maximum Gasteiger partial charge on any atom is 0.115 e. The highest BCUT2D eigenvalue weighted by molar-refractivity contribution is 5.27. The minimum absolute atomic E-state index is 0.237. The van der Waals surface area contributed by atoms with Gasteiger partial charge in [0.05, 0.1) is 6.10 Å². The van der Waals surface area contributed by atoms with Crippen LogP contribution in [0.1, 0.15) is 43.8 Å². The number of phenolic OH excluding ortho intramolecular Hbond substituents is 1. The molecule has 1 fully saturated rings. The van der Waals surface area contributed by atoms with Crippen LogP contribution in [0.5, 0.6) is 5.75 Å². The lowest BCUT2D eigenvalue weighted by atomic mass is 9.89. The van der Waals surface area contributed by atoms with Crippen LogP contribution in [-0.4, -0.2) is 23.3 Å². The second kappa shape index (κ2) is 6.76. The summed E-state index contributed by atoms with van der Waals surface area (Å²) in [4.78, 5) is 0. The van der Waals surface area contributed by atoms with Gasteiger partial charge in [-0.25, -0.2) is 0 Å². The molecule has 0 radical (unpaired) electrons. The molecule has 1 aliphatic rings. The molecule has 3 N–H and O–H groups in total. The molecule has 18 heavy (non-hydrogen) atoms. The molecule has 1 aromatic carbocycles. The van der Waals surface area contributed by atoms with Gasteiger partial charge >= 0.3 is 0 Å². The summed E-state index contributed by atoms with van der Waals surface area (Å²) in [6, 6.07) is 6.75. The van der Waals surface area contributed by atoms with E-state index in [1.165, 1.54) is 32.1 Å². The minimum Gasteiger partial charge on any atom is -0.508 e. The molecule has 1 aliphatic carbocycles. The zero-order valence-electron chi connectivity index (χ0n) is 10.8. The van der Waals surface area contributed by atoms with Gasteiger partial charge in [-0.05, 0) is 43.0 Å². The van der Waals surface area contributed by atoms with E-state index in [2.05, 4.69) is 5.32 Å². The van der Waals surface area contributed by atoms with Crippen LogP contribution in [0.2, 0.25) is 0 Å². The third kappa shape index (κ3) is 4.00. The van der Waals surface area contributed by atoms with Gasteiger partial charge in [-0.2, -0.15) is 0 Å². The first kappa shape index (κ1) is 13.4. The summed E-state index contributed by atoms with van der Waals surface area (Å²) in [7, 11) is 0. The molecular formula is C15H23NO2. The number of nitrogens with one attached hydrogen (secondary N) is 1. The van der Waals surface area contributed by atoms with Crippen molar-refractivity contribution >= 4 is 0 Å². The van der Waals surface area contributed by atoms with E-state index in [-0.39, 0.29) is 5.75 Å². The van der Waals surface area contributed by atoms with E-state index >= 15 is 0 Å². The molecule has 1 aromatic rings. The number of aliphatic hydroxyl groups is 1. The normalized spacial score (nSPS) is 18.7. The Hall–Kier alpha value is -1.06. The zero-order valence-corrected chi connectivity index (χ0v) is 10.8. The average molecular weight is 249 g/mol. The topological polar surface area (TPSA) is 52.5 Å². The second-order valence-electron chi connectivity index (χ2n) is 5.27. The SMILES string of the molecule is Oc1ccc(C(O)CNCC2CCCCC2)cc1. The summed E-state index contributed by atoms with van der Waals surface area (Å²) in [5.74, 6) is 1.02. The molecule has 1 atom stereocenters. The highest BCUT2D eigenvalue weighted by Gasteiger charge is 2.14. The van der Waals surface area contributed by atoms with E-state index in [0.717, 1.165) is 18.0 Å². The number of benzene rings is 1. The van der Waals surface area contributed by atoms with E-state index in [1.54, 1.807) is 24.3 Å². The molecule has 1 saturated carbocycles. The number of rotatable bonds is 5. The fourth-order valence-electron chi connectivity index (χ4n) is 2.63. The van der Waals surface area contributed by atoms with Crippen molar-refractivity contribution in [3.05, 3.63) is 29.8 Å². The molecular weight excluding hydrogens is 226 g/mol. The lowest BCUT2D eigenvalue weighted by molar-refractivity contribution is 0.171. The van der Waals surface area contributed by atoms with Crippen molar-refractivity contribution in [2.45, 2.75) is 38.2 Å². The summed E-state index contributed by atoms with van der Waals surface area (Å²) < 4.78 is 0. The third-order valence-electron chi connectivity index (χ3n) is 3.77. The molecule has 0 aliphatic heterocycles. The van der Waals surface area contributed by atoms with Gasteiger partial charge in [0, 0.05) is 6.54 Å². The zero-order chi connectivity index (χ0) is 12.8. The number of phenols is 1. The van der Waals surface area contributed by atoms with Crippen molar-refractivity contribution in [1.29, 1.82) is 0 Å². The van der Waals surface area contributed by atoms with E-state index in [1.807, 2.05) is 0 Å². The van der Waals surface area contributed by atoms with Gasteiger partial charge in [-0.3, -0.25) is 0 Å². The predicted molar refractivity (Wildman–Crippen MR) is 72.5 cm³/mol. The molecule has 0 heterocycles. The molecule has 0 spiro atoms. The lowest BCUT2D eigenvalue weighted by Crippen LogP contribution is -2.28. The standard InChI is InChI=1S/C15H23NO2/c17-14-8-6-13(7-9-14)15(18)11-16-10-12-4-2-1-3-5-12/h6-9,12,15-18H,1-5,10-11H2. The lowest BCUT2D eigenvalue weighted by Gasteiger charge is -2.22. The summed E-state index contributed by atoms with van der Waals surface area (Å²) in [5, 5.41) is 22.5. The van der Waals surface area contributed by atoms with Crippen LogP contribution in [0.4, 0.5) is 0 Å². The van der Waals surface area contributed by atoms with Crippen molar-refractivity contribution in [3.63, 3.8) is 0 Å². The number of aromatic hydroxyl groups is 1. The van der Waals surface area contributed by atoms with Gasteiger partial charge in [-0.15, -0.1) is 0 Å². The Morgan fingerprint density at radius 2 is 1.78 bits per heavy atom. The van der Waals surface area contributed by atoms with Crippen molar-refractivity contribution < 1.29 is 10.2 Å². The predicted octanol–water partition coefficient (Wildman–Crippen LogP) is 2.60. The van der Waals surface area contributed by atoms with E-state index in [4.69, 9.17) is 0 Å². The number of hydrogen-bond donors (Lipinski definition) is 3. The largest absolute Gasteiger partial charge is 0.508 e. The number of hydrogen-bond acceptors (Lipinski definition) is 3. The minimum atomic E-state index is -0.491. The third-order valence-corrected chi connectivity index (χ3v) is 3.77. The van der Waals surface area contributed by atoms with Crippen LogP contribution in [0, 0.1) is 5.92 Å². The van der Waals surface area contributed by atoms with Crippen molar-refractivity contribution in [2.24, 2.45) is 5.92 Å². The Balaban J connectivity index is 1.70. The maximum absolute atomic E-state index is 10.00. The highest BCUT2D eigenvalue weighted by Crippen LogP contribution is 2.23. The van der Waals surface area contributed by atoms with Gasteiger partial charge in [0.25, 0.3) is 0 Å². The quantitative estimate of drug-likeness (QED) is 0.752. The first-order valence-electron chi connectivity index (χ1n) is 6.93. The average Bonchev–Trinajstić information content (AvgIpc) is 2.40. The van der Waals surface area contributed by atoms with Gasteiger partial charge in [0.15, 0.2) is 0 Å². The molecule has 0 saturated heterocycles. The molecule has 2 rings (SSSR count). The molecule has 3 heteroatoms. The molecule has 100 valence electrons. The molecule has 1 unspecified atom stereocenters. The molecule has 0 aromatic heterocycles. The van der Waals surface area contributed by atoms with Crippen LogP contribution in [-0.2, 0) is 0 Å². The Kier molecular flexibility index (Phi) is 5.02. The van der Waals surface area contributed by atoms with Crippen molar-refractivity contribution in [1.82, 2.24) is 5.32 Å². The smallest absolute Gasteiger partial charge is 0.115 e. The summed E-state index contributed by atoms with van der Waals surface area (Å²) >= 11 is 0. The Labute approximate surface area is 109 Å². The van der Waals surface area contributed by atoms with Gasteiger partial charge in [0.1, 0.15) is 5.75 Å². The Morgan fingerprint density at radius 3 is 2.44 bits per heavy atom. The summed E-state index contributed by atoms with van der Waals surface area (Å²) in [5.41, 5.74) is 0.851. The molecule has 0 bridgehead atoms. The molecule has 3 nitrogen and oxygen atoms in total. The van der Waals surface area contributed by atoms with Gasteiger partial charge < -0.3 is 15.5 Å². The van der Waals surface area contributed by atoms with Crippen LogP contribution < -0.4 is 5.32 Å². The van der Waals surface area contributed by atoms with Crippen LogP contribution in [0.3, 0.4) is 0 Å².